The number of benzene rings is 2. The van der Waals surface area contributed by atoms with Gasteiger partial charge in [-0.1, -0.05) is 30.2 Å². The van der Waals surface area contributed by atoms with Gasteiger partial charge in [0.1, 0.15) is 35.6 Å². The van der Waals surface area contributed by atoms with E-state index in [1.165, 1.54) is 12.3 Å². The van der Waals surface area contributed by atoms with E-state index in [4.69, 9.17) is 21.6 Å². The minimum absolute atomic E-state index is 0.0164. The standard InChI is InChI=1S/C35H32F3N7O2/c1-2-24-27(37)10-7-20-5-3-6-25(29(20)24)31-30(38)32-26(15-40-31)33(43-17-22-8-9-23(18-43)45(22)28(46)14-39)42-34(41-32)47-19-35-11-4-12-44(35)16-21(36)13-35/h1,3,5-7,10,14-15,21-23,39H,4,8-9,11-13,16-19H2/t21-,22?,23?,35+/m1/s1. The van der Waals surface area contributed by atoms with Crippen LogP contribution in [-0.2, 0) is 4.79 Å². The number of piperazine rings is 1. The van der Waals surface area contributed by atoms with Gasteiger partial charge in [0.15, 0.2) is 5.82 Å². The summed E-state index contributed by atoms with van der Waals surface area (Å²) in [5.74, 6) is 1.18. The highest BCUT2D eigenvalue weighted by atomic mass is 19.1. The van der Waals surface area contributed by atoms with Gasteiger partial charge >= 0.3 is 6.01 Å². The van der Waals surface area contributed by atoms with Crippen LogP contribution in [0.1, 0.15) is 37.7 Å². The molecule has 8 rings (SSSR count). The molecular formula is C35H32F3N7O2. The molecule has 2 bridgehead atoms. The number of anilines is 1. The molecule has 47 heavy (non-hydrogen) atoms. The van der Waals surface area contributed by atoms with E-state index >= 15 is 4.39 Å². The molecule has 1 N–H and O–H groups in total. The Balaban J connectivity index is 1.25. The number of hydrogen-bond donors (Lipinski definition) is 1. The third kappa shape index (κ3) is 4.70. The highest BCUT2D eigenvalue weighted by Crippen LogP contribution is 2.42. The Bertz CT molecular complexity index is 1990. The second-order valence-electron chi connectivity index (χ2n) is 13.0. The first-order chi connectivity index (χ1) is 22.8. The summed E-state index contributed by atoms with van der Waals surface area (Å²) in [4.78, 5) is 32.3. The summed E-state index contributed by atoms with van der Waals surface area (Å²) in [5.41, 5.74) is -0.182. The van der Waals surface area contributed by atoms with Crippen LogP contribution in [0.25, 0.3) is 32.9 Å². The molecule has 4 fully saturated rings. The smallest absolute Gasteiger partial charge is 0.319 e. The zero-order valence-electron chi connectivity index (χ0n) is 25.6. The number of pyridine rings is 1. The number of amides is 1. The maximum Gasteiger partial charge on any atom is 0.319 e. The molecule has 6 heterocycles. The molecule has 2 aromatic heterocycles. The van der Waals surface area contributed by atoms with Crippen LogP contribution in [-0.4, -0.2) is 93.5 Å². The van der Waals surface area contributed by atoms with Crippen LogP contribution < -0.4 is 9.64 Å². The van der Waals surface area contributed by atoms with Crippen molar-refractivity contribution in [1.82, 2.24) is 24.8 Å². The van der Waals surface area contributed by atoms with Crippen molar-refractivity contribution in [3.63, 3.8) is 0 Å². The minimum Gasteiger partial charge on any atom is -0.461 e. The first-order valence-corrected chi connectivity index (χ1v) is 15.9. The monoisotopic (exact) mass is 639 g/mol. The summed E-state index contributed by atoms with van der Waals surface area (Å²) >= 11 is 0. The number of carbonyl (C=O) groups is 1. The number of rotatable bonds is 6. The van der Waals surface area contributed by atoms with Gasteiger partial charge in [0.05, 0.1) is 34.8 Å². The van der Waals surface area contributed by atoms with Gasteiger partial charge < -0.3 is 19.9 Å². The summed E-state index contributed by atoms with van der Waals surface area (Å²) in [5, 5.41) is 8.88. The topological polar surface area (TPSA) is 98.5 Å². The third-order valence-electron chi connectivity index (χ3n) is 10.4. The molecule has 0 spiro atoms. The fourth-order valence-electron chi connectivity index (χ4n) is 8.37. The van der Waals surface area contributed by atoms with Crippen LogP contribution in [0.3, 0.4) is 0 Å². The highest BCUT2D eigenvalue weighted by molar-refractivity contribution is 6.25. The van der Waals surface area contributed by atoms with Gasteiger partial charge in [0.25, 0.3) is 5.91 Å². The quantitative estimate of drug-likeness (QED) is 0.237. The molecule has 4 aliphatic rings. The van der Waals surface area contributed by atoms with E-state index in [2.05, 4.69) is 20.8 Å². The van der Waals surface area contributed by atoms with Gasteiger partial charge in [-0.05, 0) is 43.7 Å². The molecular weight excluding hydrogens is 607 g/mol. The zero-order valence-corrected chi connectivity index (χ0v) is 25.6. The van der Waals surface area contributed by atoms with Crippen LogP contribution in [0.5, 0.6) is 6.01 Å². The average Bonchev–Trinajstić information content (AvgIpc) is 3.69. The number of aromatic nitrogens is 3. The van der Waals surface area contributed by atoms with Crippen LogP contribution in [0.15, 0.2) is 36.5 Å². The molecule has 4 saturated heterocycles. The van der Waals surface area contributed by atoms with Crippen molar-refractivity contribution in [2.24, 2.45) is 0 Å². The molecule has 4 aliphatic heterocycles. The van der Waals surface area contributed by atoms with Gasteiger partial charge in [-0.3, -0.25) is 14.7 Å². The molecule has 4 aromatic rings. The van der Waals surface area contributed by atoms with Crippen LogP contribution >= 0.6 is 0 Å². The van der Waals surface area contributed by atoms with E-state index in [9.17, 15) is 13.6 Å². The SMILES string of the molecule is C#Cc1c(F)ccc2cccc(-c3ncc4c(N5CC6CCC(C5)N6C(=O)C=N)nc(OC[C@@]56CCCN5C[C@H](F)C6)nc4c3F)c12. The summed E-state index contributed by atoms with van der Waals surface area (Å²) in [6.07, 6.45) is 10.8. The van der Waals surface area contributed by atoms with Crippen molar-refractivity contribution in [2.75, 3.05) is 37.7 Å². The van der Waals surface area contributed by atoms with Gasteiger partial charge in [0, 0.05) is 43.2 Å². The maximum atomic E-state index is 16.8. The molecule has 0 radical (unpaired) electrons. The summed E-state index contributed by atoms with van der Waals surface area (Å²) < 4.78 is 52.4. The second-order valence-corrected chi connectivity index (χ2v) is 13.0. The minimum atomic E-state index is -0.938. The lowest BCUT2D eigenvalue weighted by Gasteiger charge is -2.41. The number of carbonyl (C=O) groups excluding carboxylic acids is 1. The van der Waals surface area contributed by atoms with E-state index in [0.29, 0.717) is 53.6 Å². The Kier molecular flexibility index (Phi) is 7.06. The fourth-order valence-corrected chi connectivity index (χ4v) is 8.37. The van der Waals surface area contributed by atoms with Gasteiger partial charge in [0.2, 0.25) is 0 Å². The number of nitrogens with one attached hydrogen (secondary N) is 1. The number of alkyl halides is 1. The van der Waals surface area contributed by atoms with E-state index in [0.717, 1.165) is 38.4 Å². The number of terminal acetylenes is 1. The molecule has 1 amide bonds. The number of halogens is 3. The molecule has 240 valence electrons. The summed E-state index contributed by atoms with van der Waals surface area (Å²) in [7, 11) is 0. The van der Waals surface area contributed by atoms with E-state index in [-0.39, 0.29) is 47.4 Å². The van der Waals surface area contributed by atoms with Crippen molar-refractivity contribution in [3.05, 3.63) is 53.7 Å². The molecule has 12 heteroatoms. The lowest BCUT2D eigenvalue weighted by molar-refractivity contribution is -0.126. The third-order valence-corrected chi connectivity index (χ3v) is 10.4. The number of nitrogens with zero attached hydrogens (tertiary/aromatic N) is 6. The molecule has 0 saturated carbocycles. The zero-order chi connectivity index (χ0) is 32.4. The van der Waals surface area contributed by atoms with Gasteiger partial charge in [-0.2, -0.15) is 9.97 Å². The summed E-state index contributed by atoms with van der Waals surface area (Å²) in [6, 6.07) is 7.74. The molecule has 4 atom stereocenters. The Morgan fingerprint density at radius 2 is 1.96 bits per heavy atom. The molecule has 9 nitrogen and oxygen atoms in total. The number of fused-ring (bicyclic) bond motifs is 5. The largest absolute Gasteiger partial charge is 0.461 e. The molecule has 2 unspecified atom stereocenters. The maximum absolute atomic E-state index is 16.8. The van der Waals surface area contributed by atoms with Crippen molar-refractivity contribution >= 4 is 39.6 Å². The average molecular weight is 640 g/mol. The summed E-state index contributed by atoms with van der Waals surface area (Å²) in [6.45, 7) is 2.19. The van der Waals surface area contributed by atoms with Crippen molar-refractivity contribution < 1.29 is 22.7 Å². The molecule has 2 aromatic carbocycles. The van der Waals surface area contributed by atoms with Gasteiger partial charge in [-0.15, -0.1) is 6.42 Å². The Morgan fingerprint density at radius 3 is 2.72 bits per heavy atom. The lowest BCUT2D eigenvalue weighted by atomic mass is 9.95. The second kappa shape index (κ2) is 11.2. The van der Waals surface area contributed by atoms with E-state index in [1.54, 1.807) is 29.2 Å². The first-order valence-electron chi connectivity index (χ1n) is 15.9. The van der Waals surface area contributed by atoms with Gasteiger partial charge in [-0.25, -0.2) is 13.2 Å². The van der Waals surface area contributed by atoms with Crippen molar-refractivity contribution in [1.29, 1.82) is 5.41 Å². The fraction of sp³-hybridized carbons (Fsp3) is 0.400. The lowest BCUT2D eigenvalue weighted by Crippen LogP contribution is -2.56. The number of ether oxygens (including phenoxy) is 1. The Hall–Kier alpha value is -4.76. The highest BCUT2D eigenvalue weighted by Gasteiger charge is 2.49. The van der Waals surface area contributed by atoms with Crippen LogP contribution in [0.4, 0.5) is 19.0 Å². The predicted molar refractivity (Wildman–Crippen MR) is 171 cm³/mol. The van der Waals surface area contributed by atoms with Crippen LogP contribution in [0, 0.1) is 29.4 Å². The number of hydrogen-bond acceptors (Lipinski definition) is 8. The molecule has 0 aliphatic carbocycles. The van der Waals surface area contributed by atoms with Crippen molar-refractivity contribution in [2.45, 2.75) is 55.9 Å². The predicted octanol–water partition coefficient (Wildman–Crippen LogP) is 4.89. The van der Waals surface area contributed by atoms with Crippen molar-refractivity contribution in [3.8, 4) is 29.6 Å². The first kappa shape index (κ1) is 29.6. The Morgan fingerprint density at radius 1 is 1.15 bits per heavy atom. The Labute approximate surface area is 269 Å². The van der Waals surface area contributed by atoms with E-state index in [1.807, 2.05) is 4.90 Å². The normalized spacial score (nSPS) is 25.4. The van der Waals surface area contributed by atoms with Crippen LogP contribution in [0.2, 0.25) is 0 Å². The van der Waals surface area contributed by atoms with E-state index < -0.39 is 23.3 Å².